The lowest BCUT2D eigenvalue weighted by Gasteiger charge is -2.19. The van der Waals surface area contributed by atoms with Crippen molar-refractivity contribution >= 4 is 11.6 Å². The van der Waals surface area contributed by atoms with Gasteiger partial charge in [-0.3, -0.25) is 9.59 Å². The first kappa shape index (κ1) is 16.4. The minimum absolute atomic E-state index is 0.0911. The van der Waals surface area contributed by atoms with E-state index < -0.39 is 0 Å². The van der Waals surface area contributed by atoms with Crippen LogP contribution >= 0.6 is 0 Å². The third-order valence-corrected chi connectivity index (χ3v) is 4.30. The molecule has 0 aromatic heterocycles. The van der Waals surface area contributed by atoms with Crippen molar-refractivity contribution in [2.24, 2.45) is 0 Å². The standard InChI is InChI=1S/C20H20O4/c1-2-3-6-11-24-12-13-9-10-16-17(18(13)21)20(23)15-8-5-4-7-14(15)19(16)22/h4-5,7-10,21H,2-3,6,11-12H2,1H3. The van der Waals surface area contributed by atoms with Gasteiger partial charge in [-0.2, -0.15) is 0 Å². The average Bonchev–Trinajstić information content (AvgIpc) is 2.60. The number of phenols is 1. The molecular weight excluding hydrogens is 304 g/mol. The molecule has 1 aliphatic rings. The zero-order valence-electron chi connectivity index (χ0n) is 13.7. The Morgan fingerprint density at radius 2 is 1.62 bits per heavy atom. The summed E-state index contributed by atoms with van der Waals surface area (Å²) < 4.78 is 5.57. The van der Waals surface area contributed by atoms with Crippen LogP contribution in [-0.2, 0) is 11.3 Å². The van der Waals surface area contributed by atoms with E-state index in [9.17, 15) is 14.7 Å². The van der Waals surface area contributed by atoms with Gasteiger partial charge in [0.2, 0.25) is 0 Å². The molecule has 0 heterocycles. The third-order valence-electron chi connectivity index (χ3n) is 4.30. The normalized spacial score (nSPS) is 12.9. The quantitative estimate of drug-likeness (QED) is 0.699. The molecule has 0 radical (unpaired) electrons. The predicted molar refractivity (Wildman–Crippen MR) is 90.6 cm³/mol. The molecular formula is C20H20O4. The van der Waals surface area contributed by atoms with Crippen molar-refractivity contribution in [2.45, 2.75) is 32.8 Å². The molecule has 0 atom stereocenters. The summed E-state index contributed by atoms with van der Waals surface area (Å²) in [5.74, 6) is -0.688. The summed E-state index contributed by atoms with van der Waals surface area (Å²) in [4.78, 5) is 25.2. The summed E-state index contributed by atoms with van der Waals surface area (Å²) in [7, 11) is 0. The molecule has 1 aliphatic carbocycles. The van der Waals surface area contributed by atoms with Gasteiger partial charge in [-0.15, -0.1) is 0 Å². The van der Waals surface area contributed by atoms with E-state index in [-0.39, 0.29) is 35.0 Å². The summed E-state index contributed by atoms with van der Waals surface area (Å²) in [6, 6.07) is 9.97. The number of carbonyl (C=O) groups excluding carboxylic acids is 2. The first-order valence-corrected chi connectivity index (χ1v) is 8.26. The summed E-state index contributed by atoms with van der Waals surface area (Å²) in [5, 5.41) is 10.5. The molecule has 0 aliphatic heterocycles. The Kier molecular flexibility index (Phi) is 4.76. The summed E-state index contributed by atoms with van der Waals surface area (Å²) >= 11 is 0. The van der Waals surface area contributed by atoms with E-state index in [4.69, 9.17) is 4.74 Å². The van der Waals surface area contributed by atoms with Gasteiger partial charge < -0.3 is 9.84 Å². The number of aromatic hydroxyl groups is 1. The van der Waals surface area contributed by atoms with Crippen LogP contribution in [-0.4, -0.2) is 23.3 Å². The van der Waals surface area contributed by atoms with Crippen molar-refractivity contribution in [3.05, 3.63) is 64.2 Å². The molecule has 0 spiro atoms. The lowest BCUT2D eigenvalue weighted by molar-refractivity contribution is 0.0973. The van der Waals surface area contributed by atoms with Gasteiger partial charge in [0, 0.05) is 28.9 Å². The van der Waals surface area contributed by atoms with Gasteiger partial charge in [0.1, 0.15) is 5.75 Å². The SMILES string of the molecule is CCCCCOCc1ccc2c(c1O)C(=O)c1ccccc1C2=O. The first-order valence-electron chi connectivity index (χ1n) is 8.26. The van der Waals surface area contributed by atoms with Crippen LogP contribution in [0, 0.1) is 0 Å². The smallest absolute Gasteiger partial charge is 0.198 e. The molecule has 0 saturated carbocycles. The van der Waals surface area contributed by atoms with E-state index in [1.807, 2.05) is 0 Å². The third kappa shape index (κ3) is 2.85. The second-order valence-corrected chi connectivity index (χ2v) is 5.96. The Hall–Kier alpha value is -2.46. The Labute approximate surface area is 141 Å². The Bertz CT molecular complexity index is 792. The monoisotopic (exact) mass is 324 g/mol. The van der Waals surface area contributed by atoms with Crippen LogP contribution in [0.15, 0.2) is 36.4 Å². The van der Waals surface area contributed by atoms with Gasteiger partial charge in [-0.05, 0) is 12.5 Å². The highest BCUT2D eigenvalue weighted by Crippen LogP contribution is 2.35. The van der Waals surface area contributed by atoms with Crippen molar-refractivity contribution in [1.29, 1.82) is 0 Å². The Morgan fingerprint density at radius 1 is 0.917 bits per heavy atom. The van der Waals surface area contributed by atoms with Crippen molar-refractivity contribution in [3.8, 4) is 5.75 Å². The summed E-state index contributed by atoms with van der Waals surface area (Å²) in [6.45, 7) is 2.96. The minimum Gasteiger partial charge on any atom is -0.507 e. The van der Waals surface area contributed by atoms with Crippen LogP contribution in [0.25, 0.3) is 0 Å². The van der Waals surface area contributed by atoms with E-state index in [2.05, 4.69) is 6.92 Å². The largest absolute Gasteiger partial charge is 0.507 e. The highest BCUT2D eigenvalue weighted by Gasteiger charge is 2.32. The molecule has 124 valence electrons. The second-order valence-electron chi connectivity index (χ2n) is 5.96. The van der Waals surface area contributed by atoms with Crippen LogP contribution in [0.2, 0.25) is 0 Å². The molecule has 0 bridgehead atoms. The fourth-order valence-corrected chi connectivity index (χ4v) is 2.96. The van der Waals surface area contributed by atoms with Gasteiger partial charge in [0.15, 0.2) is 11.6 Å². The lowest BCUT2D eigenvalue weighted by Crippen LogP contribution is -2.21. The van der Waals surface area contributed by atoms with E-state index >= 15 is 0 Å². The van der Waals surface area contributed by atoms with Gasteiger partial charge >= 0.3 is 0 Å². The van der Waals surface area contributed by atoms with E-state index in [0.29, 0.717) is 23.3 Å². The number of hydrogen-bond donors (Lipinski definition) is 1. The predicted octanol–water partition coefficient (Wildman–Crippen LogP) is 3.87. The van der Waals surface area contributed by atoms with Gasteiger partial charge in [0.25, 0.3) is 0 Å². The number of ketones is 2. The summed E-state index contributed by atoms with van der Waals surface area (Å²) in [6.07, 6.45) is 3.18. The topological polar surface area (TPSA) is 63.6 Å². The molecule has 0 fully saturated rings. The maximum Gasteiger partial charge on any atom is 0.198 e. The van der Waals surface area contributed by atoms with Crippen molar-refractivity contribution in [1.82, 2.24) is 0 Å². The number of carbonyl (C=O) groups is 2. The molecule has 0 saturated heterocycles. The molecule has 0 amide bonds. The van der Waals surface area contributed by atoms with Crippen LogP contribution < -0.4 is 0 Å². The molecule has 4 heteroatoms. The maximum atomic E-state index is 12.7. The van der Waals surface area contributed by atoms with Gasteiger partial charge in [0.05, 0.1) is 12.2 Å². The highest BCUT2D eigenvalue weighted by atomic mass is 16.5. The number of fused-ring (bicyclic) bond motifs is 2. The van der Waals surface area contributed by atoms with Crippen molar-refractivity contribution in [3.63, 3.8) is 0 Å². The number of unbranched alkanes of at least 4 members (excludes halogenated alkanes) is 2. The maximum absolute atomic E-state index is 12.7. The number of rotatable bonds is 6. The lowest BCUT2D eigenvalue weighted by atomic mass is 9.83. The Balaban J connectivity index is 1.88. The zero-order chi connectivity index (χ0) is 17.1. The number of hydrogen-bond acceptors (Lipinski definition) is 4. The van der Waals surface area contributed by atoms with Crippen LogP contribution in [0.5, 0.6) is 5.75 Å². The molecule has 1 N–H and O–H groups in total. The second kappa shape index (κ2) is 6.97. The van der Waals surface area contributed by atoms with Gasteiger partial charge in [-0.25, -0.2) is 0 Å². The van der Waals surface area contributed by atoms with Gasteiger partial charge in [-0.1, -0.05) is 50.1 Å². The highest BCUT2D eigenvalue weighted by molar-refractivity contribution is 6.29. The molecule has 4 nitrogen and oxygen atoms in total. The molecule has 24 heavy (non-hydrogen) atoms. The minimum atomic E-state index is -0.314. The van der Waals surface area contributed by atoms with Crippen LogP contribution in [0.1, 0.15) is 63.6 Å². The molecule has 0 unspecified atom stereocenters. The van der Waals surface area contributed by atoms with E-state index in [1.165, 1.54) is 0 Å². The first-order chi connectivity index (χ1) is 11.6. The number of phenolic OH excluding ortho intramolecular Hbond substituents is 1. The van der Waals surface area contributed by atoms with Crippen LogP contribution in [0.4, 0.5) is 0 Å². The molecule has 3 rings (SSSR count). The zero-order valence-corrected chi connectivity index (χ0v) is 13.7. The molecule has 2 aromatic rings. The van der Waals surface area contributed by atoms with E-state index in [1.54, 1.807) is 36.4 Å². The van der Waals surface area contributed by atoms with E-state index in [0.717, 1.165) is 19.3 Å². The number of benzene rings is 2. The molecule has 2 aromatic carbocycles. The van der Waals surface area contributed by atoms with Crippen molar-refractivity contribution < 1.29 is 19.4 Å². The van der Waals surface area contributed by atoms with Crippen molar-refractivity contribution in [2.75, 3.05) is 6.61 Å². The number of ether oxygens (including phenoxy) is 1. The summed E-state index contributed by atoms with van der Waals surface area (Å²) in [5.41, 5.74) is 1.61. The Morgan fingerprint density at radius 3 is 2.33 bits per heavy atom. The fraction of sp³-hybridized carbons (Fsp3) is 0.300. The van der Waals surface area contributed by atoms with Crippen LogP contribution in [0.3, 0.4) is 0 Å². The fourth-order valence-electron chi connectivity index (χ4n) is 2.96. The average molecular weight is 324 g/mol.